The summed E-state index contributed by atoms with van der Waals surface area (Å²) in [5, 5.41) is 13.2. The Labute approximate surface area is 137 Å². The van der Waals surface area contributed by atoms with Crippen LogP contribution in [0.2, 0.25) is 0 Å². The predicted octanol–water partition coefficient (Wildman–Crippen LogP) is 0.427. The molecule has 0 amide bonds. The highest BCUT2D eigenvalue weighted by molar-refractivity contribution is 5.70. The Bertz CT molecular complexity index is 654. The van der Waals surface area contributed by atoms with Crippen LogP contribution in [0, 0.1) is 0 Å². The molecular weight excluding hydrogens is 290 g/mol. The first-order valence-corrected chi connectivity index (χ1v) is 7.93. The monoisotopic (exact) mass is 315 g/mol. The number of nitrogens with zero attached hydrogens (tertiary/aromatic N) is 2. The molecule has 2 heterocycles. The van der Waals surface area contributed by atoms with Crippen LogP contribution < -0.4 is 16.8 Å². The van der Waals surface area contributed by atoms with E-state index >= 15 is 0 Å². The van der Waals surface area contributed by atoms with Crippen molar-refractivity contribution >= 4 is 5.70 Å². The number of piperazine rings is 1. The number of hydrogen-bond donors (Lipinski definition) is 4. The summed E-state index contributed by atoms with van der Waals surface area (Å²) < 4.78 is 0. The van der Waals surface area contributed by atoms with Gasteiger partial charge in [0, 0.05) is 36.9 Å². The van der Waals surface area contributed by atoms with Crippen molar-refractivity contribution in [2.45, 2.75) is 19.0 Å². The Hall–Kier alpha value is -2.34. The van der Waals surface area contributed by atoms with Gasteiger partial charge >= 0.3 is 0 Å². The number of hydrogen-bond acceptors (Lipinski definition) is 6. The van der Waals surface area contributed by atoms with Gasteiger partial charge in [0.1, 0.15) is 11.6 Å². The molecule has 0 bridgehead atoms. The number of para-hydroxylation sites is 1. The van der Waals surface area contributed by atoms with Crippen LogP contribution in [-0.4, -0.2) is 53.7 Å². The van der Waals surface area contributed by atoms with Crippen molar-refractivity contribution in [1.82, 2.24) is 15.1 Å². The first-order valence-electron chi connectivity index (χ1n) is 7.93. The molecule has 1 saturated heterocycles. The molecule has 2 aliphatic rings. The fourth-order valence-electron chi connectivity index (χ4n) is 3.23. The molecule has 2 unspecified atom stereocenters. The van der Waals surface area contributed by atoms with Gasteiger partial charge in [-0.1, -0.05) is 12.1 Å². The molecule has 0 spiro atoms. The summed E-state index contributed by atoms with van der Waals surface area (Å²) in [5.74, 6) is 0.809. The average molecular weight is 315 g/mol. The molecule has 0 radical (unpaired) electrons. The SMILES string of the molecule is CC1CN2C(/C=C(\N)c3ccccc3O)=C(N)NCC2CN1C. The number of fused-ring (bicyclic) bond motifs is 1. The summed E-state index contributed by atoms with van der Waals surface area (Å²) in [6.45, 7) is 4.93. The van der Waals surface area contributed by atoms with Gasteiger partial charge in [-0.05, 0) is 32.2 Å². The standard InChI is InChI=1S/C17H25N5O/c1-11-9-22-12(10-21(11)2)8-20-17(19)15(22)7-14(18)13-5-3-4-6-16(13)23/h3-7,11-12,20,23H,8-10,18-19H2,1-2H3/b14-7-. The highest BCUT2D eigenvalue weighted by atomic mass is 16.3. The zero-order valence-corrected chi connectivity index (χ0v) is 13.7. The Morgan fingerprint density at radius 1 is 1.35 bits per heavy atom. The second-order valence-electron chi connectivity index (χ2n) is 6.39. The summed E-state index contributed by atoms with van der Waals surface area (Å²) in [7, 11) is 2.15. The maximum atomic E-state index is 9.98. The first kappa shape index (κ1) is 15.6. The van der Waals surface area contributed by atoms with E-state index in [0.717, 1.165) is 25.3 Å². The third-order valence-corrected chi connectivity index (χ3v) is 4.77. The third-order valence-electron chi connectivity index (χ3n) is 4.77. The van der Waals surface area contributed by atoms with Crippen LogP contribution in [0.1, 0.15) is 12.5 Å². The quantitative estimate of drug-likeness (QED) is 0.633. The number of allylic oxidation sites excluding steroid dienone is 1. The van der Waals surface area contributed by atoms with E-state index in [2.05, 4.69) is 29.1 Å². The van der Waals surface area contributed by atoms with E-state index in [0.29, 0.717) is 29.2 Å². The summed E-state index contributed by atoms with van der Waals surface area (Å²) in [5.41, 5.74) is 14.4. The van der Waals surface area contributed by atoms with Gasteiger partial charge in [-0.15, -0.1) is 0 Å². The lowest BCUT2D eigenvalue weighted by Crippen LogP contribution is -2.61. The fraction of sp³-hybridized carbons (Fsp3) is 0.412. The Balaban J connectivity index is 1.94. The highest BCUT2D eigenvalue weighted by Crippen LogP contribution is 2.27. The van der Waals surface area contributed by atoms with Crippen molar-refractivity contribution in [2.24, 2.45) is 11.5 Å². The van der Waals surface area contributed by atoms with E-state index in [9.17, 15) is 5.11 Å². The number of aromatic hydroxyl groups is 1. The van der Waals surface area contributed by atoms with Gasteiger partial charge in [0.2, 0.25) is 0 Å². The van der Waals surface area contributed by atoms with Crippen molar-refractivity contribution in [3.63, 3.8) is 0 Å². The van der Waals surface area contributed by atoms with Gasteiger partial charge in [0.05, 0.1) is 11.7 Å². The molecule has 1 aromatic rings. The summed E-state index contributed by atoms with van der Waals surface area (Å²) in [6.07, 6.45) is 1.86. The predicted molar refractivity (Wildman–Crippen MR) is 92.1 cm³/mol. The van der Waals surface area contributed by atoms with Gasteiger partial charge < -0.3 is 26.8 Å². The van der Waals surface area contributed by atoms with E-state index in [-0.39, 0.29) is 5.75 Å². The minimum absolute atomic E-state index is 0.174. The van der Waals surface area contributed by atoms with Crippen molar-refractivity contribution in [3.05, 3.63) is 47.4 Å². The summed E-state index contributed by atoms with van der Waals surface area (Å²) in [6, 6.07) is 7.89. The minimum atomic E-state index is 0.174. The lowest BCUT2D eigenvalue weighted by Gasteiger charge is -2.48. The number of phenols is 1. The molecule has 1 aromatic carbocycles. The van der Waals surface area contributed by atoms with Gasteiger partial charge in [-0.3, -0.25) is 4.90 Å². The number of phenolic OH excluding ortho intramolecular Hbond substituents is 1. The molecule has 0 aliphatic carbocycles. The molecule has 124 valence electrons. The molecule has 23 heavy (non-hydrogen) atoms. The lowest BCUT2D eigenvalue weighted by atomic mass is 10.0. The van der Waals surface area contributed by atoms with Crippen LogP contribution >= 0.6 is 0 Å². The van der Waals surface area contributed by atoms with E-state index in [1.54, 1.807) is 18.2 Å². The number of benzene rings is 1. The number of rotatable bonds is 2. The molecule has 0 saturated carbocycles. The van der Waals surface area contributed by atoms with Crippen LogP contribution in [0.25, 0.3) is 5.70 Å². The second-order valence-corrected chi connectivity index (χ2v) is 6.39. The molecule has 6 N–H and O–H groups in total. The topological polar surface area (TPSA) is 90.8 Å². The largest absolute Gasteiger partial charge is 0.507 e. The van der Waals surface area contributed by atoms with Gasteiger partial charge in [0.25, 0.3) is 0 Å². The normalized spacial score (nSPS) is 26.0. The van der Waals surface area contributed by atoms with Gasteiger partial charge in [-0.2, -0.15) is 0 Å². The number of nitrogens with two attached hydrogens (primary N) is 2. The third kappa shape index (κ3) is 2.94. The van der Waals surface area contributed by atoms with E-state index in [1.165, 1.54) is 0 Å². The van der Waals surface area contributed by atoms with Crippen molar-refractivity contribution in [3.8, 4) is 5.75 Å². The zero-order chi connectivity index (χ0) is 16.6. The van der Waals surface area contributed by atoms with Crippen molar-refractivity contribution < 1.29 is 5.11 Å². The molecule has 2 atom stereocenters. The van der Waals surface area contributed by atoms with E-state index < -0.39 is 0 Å². The molecule has 2 aliphatic heterocycles. The van der Waals surface area contributed by atoms with Crippen LogP contribution in [-0.2, 0) is 0 Å². The number of nitrogens with one attached hydrogen (secondary N) is 1. The Morgan fingerprint density at radius 3 is 2.83 bits per heavy atom. The zero-order valence-electron chi connectivity index (χ0n) is 13.7. The Morgan fingerprint density at radius 2 is 2.09 bits per heavy atom. The van der Waals surface area contributed by atoms with Crippen LogP contribution in [0.15, 0.2) is 41.9 Å². The van der Waals surface area contributed by atoms with Crippen LogP contribution in [0.3, 0.4) is 0 Å². The first-order chi connectivity index (χ1) is 11.0. The number of likely N-dealkylation sites (N-methyl/N-ethyl adjacent to an activating group) is 1. The van der Waals surface area contributed by atoms with Crippen molar-refractivity contribution in [1.29, 1.82) is 0 Å². The van der Waals surface area contributed by atoms with Gasteiger partial charge in [-0.25, -0.2) is 0 Å². The molecule has 6 heteroatoms. The Kier molecular flexibility index (Phi) is 4.09. The molecule has 6 nitrogen and oxygen atoms in total. The van der Waals surface area contributed by atoms with Gasteiger partial charge in [0.15, 0.2) is 0 Å². The van der Waals surface area contributed by atoms with Crippen molar-refractivity contribution in [2.75, 3.05) is 26.7 Å². The molecular formula is C17H25N5O. The van der Waals surface area contributed by atoms with Crippen LogP contribution in [0.4, 0.5) is 0 Å². The average Bonchev–Trinajstić information content (AvgIpc) is 2.52. The van der Waals surface area contributed by atoms with Crippen LogP contribution in [0.5, 0.6) is 5.75 Å². The minimum Gasteiger partial charge on any atom is -0.507 e. The maximum absolute atomic E-state index is 9.98. The maximum Gasteiger partial charge on any atom is 0.124 e. The van der Waals surface area contributed by atoms with E-state index in [4.69, 9.17) is 11.5 Å². The smallest absolute Gasteiger partial charge is 0.124 e. The fourth-order valence-corrected chi connectivity index (χ4v) is 3.23. The summed E-state index contributed by atoms with van der Waals surface area (Å²) >= 11 is 0. The molecule has 3 rings (SSSR count). The lowest BCUT2D eigenvalue weighted by molar-refractivity contribution is 0.0721. The summed E-state index contributed by atoms with van der Waals surface area (Å²) in [4.78, 5) is 4.68. The second kappa shape index (κ2) is 6.04. The molecule has 1 fully saturated rings. The molecule has 0 aromatic heterocycles. The highest BCUT2D eigenvalue weighted by Gasteiger charge is 2.34. The van der Waals surface area contributed by atoms with E-state index in [1.807, 2.05) is 12.1 Å².